The van der Waals surface area contributed by atoms with Crippen molar-refractivity contribution >= 4 is 39.2 Å². The van der Waals surface area contributed by atoms with Crippen molar-refractivity contribution in [1.82, 2.24) is 20.4 Å². The minimum Gasteiger partial charge on any atom is -0.378 e. The fraction of sp³-hybridized carbons (Fsp3) is 0.316. The van der Waals surface area contributed by atoms with Gasteiger partial charge in [-0.15, -0.1) is 11.3 Å². The van der Waals surface area contributed by atoms with Gasteiger partial charge in [0.1, 0.15) is 11.4 Å². The third kappa shape index (κ3) is 3.58. The van der Waals surface area contributed by atoms with Crippen LogP contribution in [0.1, 0.15) is 27.9 Å². The van der Waals surface area contributed by atoms with Crippen LogP contribution in [0.4, 0.5) is 5.13 Å². The summed E-state index contributed by atoms with van der Waals surface area (Å²) in [6.07, 6.45) is 0. The van der Waals surface area contributed by atoms with E-state index in [1.54, 1.807) is 5.38 Å². The van der Waals surface area contributed by atoms with Crippen molar-refractivity contribution in [3.63, 3.8) is 0 Å². The first-order valence-corrected chi connectivity index (χ1v) is 10.0. The van der Waals surface area contributed by atoms with Gasteiger partial charge in [0.25, 0.3) is 11.8 Å². The molecule has 0 radical (unpaired) electrons. The van der Waals surface area contributed by atoms with E-state index in [2.05, 4.69) is 20.7 Å². The first kappa shape index (κ1) is 18.5. The Kier molecular flexibility index (Phi) is 5.27. The number of morpholine rings is 1. The number of nitrogens with zero attached hydrogens (tertiary/aromatic N) is 3. The maximum absolute atomic E-state index is 12.6. The highest BCUT2D eigenvalue weighted by atomic mass is 32.1. The molecule has 0 bridgehead atoms. The number of nitrogens with one attached hydrogen (secondary N) is 2. The lowest BCUT2D eigenvalue weighted by Crippen LogP contribution is -2.42. The number of ether oxygens (including phenoxy) is 1. The maximum Gasteiger partial charge on any atom is 0.289 e. The number of rotatable bonds is 4. The van der Waals surface area contributed by atoms with Crippen LogP contribution in [-0.2, 0) is 11.3 Å². The molecule has 2 amide bonds. The van der Waals surface area contributed by atoms with Crippen LogP contribution >= 0.6 is 11.3 Å². The monoisotopic (exact) mass is 399 g/mol. The Hall–Kier alpha value is -2.91. The molecule has 2 N–H and O–H groups in total. The Morgan fingerprint density at radius 2 is 1.93 bits per heavy atom. The minimum atomic E-state index is -0.441. The number of anilines is 1. The summed E-state index contributed by atoms with van der Waals surface area (Å²) in [4.78, 5) is 31.4. The summed E-state index contributed by atoms with van der Waals surface area (Å²) in [5.74, 6) is -0.807. The molecule has 9 heteroatoms. The number of aromatic nitrogens is 2. The summed E-state index contributed by atoms with van der Waals surface area (Å²) in [5, 5.41) is 3.45. The molecule has 2 aromatic heterocycles. The first-order valence-electron chi connectivity index (χ1n) is 9.14. The summed E-state index contributed by atoms with van der Waals surface area (Å²) in [6, 6.07) is 9.61. The van der Waals surface area contributed by atoms with E-state index >= 15 is 0 Å². The number of benzene rings is 1. The molecule has 146 valence electrons. The van der Waals surface area contributed by atoms with Crippen LogP contribution < -0.4 is 15.8 Å². The van der Waals surface area contributed by atoms with Gasteiger partial charge in [0.05, 0.1) is 13.2 Å². The molecule has 3 aromatic rings. The molecule has 4 rings (SSSR count). The van der Waals surface area contributed by atoms with E-state index in [4.69, 9.17) is 4.74 Å². The lowest BCUT2D eigenvalue weighted by atomic mass is 10.2. The highest BCUT2D eigenvalue weighted by molar-refractivity contribution is 7.13. The molecule has 1 fully saturated rings. The van der Waals surface area contributed by atoms with Gasteiger partial charge >= 0.3 is 0 Å². The molecule has 0 saturated carbocycles. The summed E-state index contributed by atoms with van der Waals surface area (Å²) in [7, 11) is 0. The number of hydrazine groups is 1. The second-order valence-electron chi connectivity index (χ2n) is 6.36. The lowest BCUT2D eigenvalue weighted by molar-refractivity contribution is 0.0839. The number of aryl methyl sites for hydroxylation is 1. The first-order chi connectivity index (χ1) is 13.7. The molecule has 28 heavy (non-hydrogen) atoms. The van der Waals surface area contributed by atoms with Gasteiger partial charge in [0.15, 0.2) is 5.13 Å². The van der Waals surface area contributed by atoms with Crippen LogP contribution in [0, 0.1) is 0 Å². The van der Waals surface area contributed by atoms with E-state index in [1.165, 1.54) is 11.3 Å². The number of para-hydroxylation sites is 1. The summed E-state index contributed by atoms with van der Waals surface area (Å²) in [6.45, 7) is 5.45. The Labute approximate surface area is 166 Å². The maximum atomic E-state index is 12.6. The average Bonchev–Trinajstić information content (AvgIpc) is 3.37. The van der Waals surface area contributed by atoms with E-state index in [-0.39, 0.29) is 11.6 Å². The van der Waals surface area contributed by atoms with Gasteiger partial charge in [-0.2, -0.15) is 0 Å². The van der Waals surface area contributed by atoms with Gasteiger partial charge in [-0.1, -0.05) is 18.2 Å². The smallest absolute Gasteiger partial charge is 0.289 e. The third-order valence-electron chi connectivity index (χ3n) is 4.66. The fourth-order valence-electron chi connectivity index (χ4n) is 3.25. The van der Waals surface area contributed by atoms with Crippen molar-refractivity contribution in [1.29, 1.82) is 0 Å². The molecule has 1 saturated heterocycles. The minimum absolute atomic E-state index is 0.280. The molecule has 0 spiro atoms. The van der Waals surface area contributed by atoms with Crippen molar-refractivity contribution < 1.29 is 14.3 Å². The highest BCUT2D eigenvalue weighted by Crippen LogP contribution is 2.22. The lowest BCUT2D eigenvalue weighted by Gasteiger charge is -2.25. The van der Waals surface area contributed by atoms with E-state index in [0.29, 0.717) is 25.5 Å². The molecule has 1 aliphatic rings. The third-order valence-corrected chi connectivity index (χ3v) is 5.56. The van der Waals surface area contributed by atoms with Crippen molar-refractivity contribution in [2.24, 2.45) is 0 Å². The van der Waals surface area contributed by atoms with Gasteiger partial charge in [-0.05, 0) is 19.1 Å². The molecule has 8 nitrogen and oxygen atoms in total. The van der Waals surface area contributed by atoms with Crippen LogP contribution in [0.25, 0.3) is 10.9 Å². The molecule has 0 unspecified atom stereocenters. The molecular weight excluding hydrogens is 378 g/mol. The standard InChI is InChI=1S/C19H21N5O3S/c1-2-24-15-6-4-3-5-13(15)11-16(24)18(26)22-21-17(25)14-12-28-19(20-14)23-7-9-27-10-8-23/h3-6,11-12H,2,7-10H2,1H3,(H,21,25)(H,22,26). The van der Waals surface area contributed by atoms with Crippen LogP contribution in [0.15, 0.2) is 35.7 Å². The second kappa shape index (κ2) is 7.99. The van der Waals surface area contributed by atoms with Gasteiger partial charge in [-0.25, -0.2) is 4.98 Å². The number of hydrogen-bond donors (Lipinski definition) is 2. The Balaban J connectivity index is 1.42. The summed E-state index contributed by atoms with van der Waals surface area (Å²) in [5.41, 5.74) is 6.71. The number of thiazole rings is 1. The normalized spacial score (nSPS) is 14.2. The molecular formula is C19H21N5O3S. The Morgan fingerprint density at radius 1 is 1.18 bits per heavy atom. The molecule has 1 aliphatic heterocycles. The Morgan fingerprint density at radius 3 is 2.71 bits per heavy atom. The predicted molar refractivity (Wildman–Crippen MR) is 108 cm³/mol. The van der Waals surface area contributed by atoms with Gasteiger partial charge < -0.3 is 14.2 Å². The van der Waals surface area contributed by atoms with E-state index in [1.807, 2.05) is 41.8 Å². The second-order valence-corrected chi connectivity index (χ2v) is 7.19. The van der Waals surface area contributed by atoms with Crippen molar-refractivity contribution in [3.8, 4) is 0 Å². The zero-order chi connectivity index (χ0) is 19.5. The highest BCUT2D eigenvalue weighted by Gasteiger charge is 2.19. The number of fused-ring (bicyclic) bond motifs is 1. The van der Waals surface area contributed by atoms with Crippen molar-refractivity contribution in [2.45, 2.75) is 13.5 Å². The zero-order valence-corrected chi connectivity index (χ0v) is 16.3. The molecule has 0 atom stereocenters. The van der Waals surface area contributed by atoms with E-state index in [0.717, 1.165) is 29.1 Å². The Bertz CT molecular complexity index is 1010. The molecule has 0 aliphatic carbocycles. The van der Waals surface area contributed by atoms with Crippen LogP contribution in [0.5, 0.6) is 0 Å². The fourth-order valence-corrected chi connectivity index (χ4v) is 4.11. The zero-order valence-electron chi connectivity index (χ0n) is 15.5. The summed E-state index contributed by atoms with van der Waals surface area (Å²) >= 11 is 1.41. The van der Waals surface area contributed by atoms with E-state index < -0.39 is 5.91 Å². The summed E-state index contributed by atoms with van der Waals surface area (Å²) < 4.78 is 7.24. The van der Waals surface area contributed by atoms with Crippen LogP contribution in [0.2, 0.25) is 0 Å². The number of carbonyl (C=O) groups is 2. The SMILES string of the molecule is CCn1c(C(=O)NNC(=O)c2csc(N3CCOCC3)n2)cc2ccccc21. The van der Waals surface area contributed by atoms with Crippen LogP contribution in [-0.4, -0.2) is 47.7 Å². The van der Waals surface area contributed by atoms with E-state index in [9.17, 15) is 9.59 Å². The molecule has 1 aromatic carbocycles. The predicted octanol–water partition coefficient (Wildman–Crippen LogP) is 2.03. The van der Waals surface area contributed by atoms with Crippen molar-refractivity contribution in [3.05, 3.63) is 47.1 Å². The topological polar surface area (TPSA) is 88.5 Å². The number of carbonyl (C=O) groups excluding carboxylic acids is 2. The number of amides is 2. The van der Waals surface area contributed by atoms with Gasteiger partial charge in [0.2, 0.25) is 0 Å². The van der Waals surface area contributed by atoms with Gasteiger partial charge in [-0.3, -0.25) is 20.4 Å². The average molecular weight is 399 g/mol. The van der Waals surface area contributed by atoms with Crippen LogP contribution in [0.3, 0.4) is 0 Å². The van der Waals surface area contributed by atoms with Gasteiger partial charge in [0, 0.05) is 35.9 Å². The number of hydrogen-bond acceptors (Lipinski definition) is 6. The largest absolute Gasteiger partial charge is 0.378 e. The molecule has 3 heterocycles. The van der Waals surface area contributed by atoms with Crippen molar-refractivity contribution in [2.75, 3.05) is 31.2 Å². The quantitative estimate of drug-likeness (QED) is 0.656.